The molecule has 5 N–H and O–H groups in total. The van der Waals surface area contributed by atoms with E-state index in [1.54, 1.807) is 13.8 Å². The molecule has 0 saturated heterocycles. The van der Waals surface area contributed by atoms with E-state index in [0.717, 1.165) is 25.1 Å². The summed E-state index contributed by atoms with van der Waals surface area (Å²) < 4.78 is 114. The molecule has 3 aromatic carbocycles. The lowest BCUT2D eigenvalue weighted by molar-refractivity contribution is -0.146. The number of alkyl halides is 6. The summed E-state index contributed by atoms with van der Waals surface area (Å²) in [5.41, 5.74) is 4.43. The van der Waals surface area contributed by atoms with Crippen LogP contribution in [0.5, 0.6) is 16.7 Å². The van der Waals surface area contributed by atoms with Crippen LogP contribution in [0.1, 0.15) is 48.1 Å². The lowest BCUT2D eigenvalue weighted by Gasteiger charge is -2.26. The fourth-order valence-electron chi connectivity index (χ4n) is 4.30. The molecule has 0 aliphatic heterocycles. The molecule has 0 bridgehead atoms. The van der Waals surface area contributed by atoms with Crippen molar-refractivity contribution in [2.24, 2.45) is 5.73 Å². The van der Waals surface area contributed by atoms with Gasteiger partial charge in [-0.05, 0) is 87.9 Å². The van der Waals surface area contributed by atoms with Gasteiger partial charge in [0.05, 0.1) is 21.2 Å². The van der Waals surface area contributed by atoms with Crippen molar-refractivity contribution in [1.29, 1.82) is 0 Å². The minimum absolute atomic E-state index is 0.0246. The number of carbonyl (C=O) groups excluding carboxylic acids is 2. The van der Waals surface area contributed by atoms with Crippen LogP contribution in [0.15, 0.2) is 60.7 Å². The summed E-state index contributed by atoms with van der Waals surface area (Å²) in [6.07, 6.45) is -10.6. The third kappa shape index (κ3) is 17.7. The molecule has 15 nitrogen and oxygen atoms in total. The number of carboxylic acids is 2. The number of nitrogens with two attached hydrogens (primary N) is 1. The average molecular weight is 968 g/mol. The van der Waals surface area contributed by atoms with Crippen molar-refractivity contribution in [2.45, 2.75) is 57.7 Å². The standard InChI is InChI=1S/C17H11Cl2F3O5.C14H13F4N3O2S.C5H12NO4P/c1-8(15(23)24)26-16(25)11-7-10(3-4-12(11)18)27-14-5-2-9(6-13(14)19)17(20,21)22;1-8(2)21(10-5-3-9(15)4-6-10)11(22)7-23-13-20-19-12(24-13)14(16,17)18;1-11(9,10)3-2-4(6)5(7)8/h2-8H,1H3,(H,23,24);3-6,8H,7H2,1-2H3;4H,2-3,6H2,1H3,(H,7,8)(H,9,10)/t8-;;/m0../s1. The Morgan fingerprint density at radius 2 is 1.50 bits per heavy atom. The number of halogens is 9. The molecule has 2 unspecified atom stereocenters. The number of aromatic nitrogens is 2. The van der Waals surface area contributed by atoms with Gasteiger partial charge in [0.15, 0.2) is 20.1 Å². The Labute approximate surface area is 361 Å². The Morgan fingerprint density at radius 1 is 0.887 bits per heavy atom. The van der Waals surface area contributed by atoms with Crippen LogP contribution in [0, 0.1) is 5.82 Å². The van der Waals surface area contributed by atoms with Crippen LogP contribution in [0.25, 0.3) is 0 Å². The minimum Gasteiger partial charge on any atom is -0.480 e. The number of benzene rings is 3. The van der Waals surface area contributed by atoms with Gasteiger partial charge in [-0.25, -0.2) is 14.0 Å². The van der Waals surface area contributed by atoms with E-state index >= 15 is 0 Å². The number of hydrogen-bond donors (Lipinski definition) is 4. The molecule has 4 aromatic rings. The van der Waals surface area contributed by atoms with Crippen LogP contribution in [0.4, 0.5) is 36.4 Å². The maximum Gasteiger partial charge on any atom is 0.445 e. The maximum absolute atomic E-state index is 13.0. The Morgan fingerprint density at radius 3 is 1.98 bits per heavy atom. The topological polar surface area (TPSA) is 229 Å². The molecule has 0 aliphatic rings. The normalized spacial score (nSPS) is 13.2. The van der Waals surface area contributed by atoms with Gasteiger partial charge < -0.3 is 40.0 Å². The molecule has 0 spiro atoms. The van der Waals surface area contributed by atoms with E-state index in [2.05, 4.69) is 10.2 Å². The molecule has 0 fully saturated rings. The van der Waals surface area contributed by atoms with E-state index in [4.69, 9.17) is 58.3 Å². The molecule has 0 aliphatic carbocycles. The third-order valence-electron chi connectivity index (χ3n) is 7.31. The lowest BCUT2D eigenvalue weighted by atomic mass is 10.2. The Kier molecular flexibility index (Phi) is 19.6. The zero-order valence-electron chi connectivity index (χ0n) is 32.4. The van der Waals surface area contributed by atoms with E-state index in [-0.39, 0.29) is 62.3 Å². The van der Waals surface area contributed by atoms with E-state index in [1.807, 2.05) is 0 Å². The molecular formula is C36H36Cl2F7N4O11PS. The summed E-state index contributed by atoms with van der Waals surface area (Å²) in [5, 5.41) is 21.5. The van der Waals surface area contributed by atoms with Crippen molar-refractivity contribution in [3.05, 3.63) is 92.7 Å². The number of aliphatic carboxylic acids is 2. The van der Waals surface area contributed by atoms with Gasteiger partial charge in [0.2, 0.25) is 5.01 Å². The van der Waals surface area contributed by atoms with Crippen LogP contribution >= 0.6 is 41.9 Å². The Hall–Kier alpha value is -5.06. The summed E-state index contributed by atoms with van der Waals surface area (Å²) in [5.74, 6) is -4.47. The number of amides is 1. The van der Waals surface area contributed by atoms with E-state index in [9.17, 15) is 54.5 Å². The first-order valence-electron chi connectivity index (χ1n) is 17.2. The number of nitrogens with zero attached hydrogens (tertiary/aromatic N) is 3. The quantitative estimate of drug-likeness (QED) is 0.0527. The molecule has 0 saturated carbocycles. The van der Waals surface area contributed by atoms with Gasteiger partial charge in [-0.15, -0.1) is 5.10 Å². The van der Waals surface area contributed by atoms with Crippen molar-refractivity contribution in [1.82, 2.24) is 10.2 Å². The van der Waals surface area contributed by atoms with E-state index < -0.39 is 78.7 Å². The number of carboxylic acid groups (broad SMARTS) is 2. The summed E-state index contributed by atoms with van der Waals surface area (Å²) in [6.45, 7) is 5.32. The molecule has 1 heterocycles. The molecule has 1 aromatic heterocycles. The van der Waals surface area contributed by atoms with Crippen LogP contribution < -0.4 is 20.1 Å². The first kappa shape index (κ1) is 53.1. The molecule has 0 radical (unpaired) electrons. The zero-order valence-corrected chi connectivity index (χ0v) is 35.6. The monoisotopic (exact) mass is 966 g/mol. The molecule has 26 heteroatoms. The number of ether oxygens (including phenoxy) is 3. The Bertz CT molecular complexity index is 2230. The predicted octanol–water partition coefficient (Wildman–Crippen LogP) is 8.64. The minimum atomic E-state index is -4.61. The smallest absolute Gasteiger partial charge is 0.445 e. The fourth-order valence-corrected chi connectivity index (χ4v) is 6.03. The number of hydrogen-bond acceptors (Lipinski definition) is 12. The van der Waals surface area contributed by atoms with Gasteiger partial charge in [0, 0.05) is 24.6 Å². The number of rotatable bonds is 14. The second-order valence-electron chi connectivity index (χ2n) is 12.8. The van der Waals surface area contributed by atoms with Crippen LogP contribution in [0.2, 0.25) is 10.0 Å². The van der Waals surface area contributed by atoms with Gasteiger partial charge in [0.25, 0.3) is 11.1 Å². The second kappa shape index (κ2) is 22.9. The lowest BCUT2D eigenvalue weighted by Crippen LogP contribution is -2.40. The maximum atomic E-state index is 13.0. The van der Waals surface area contributed by atoms with Crippen molar-refractivity contribution < 1.29 is 83.8 Å². The van der Waals surface area contributed by atoms with Gasteiger partial charge in [0.1, 0.15) is 23.4 Å². The highest BCUT2D eigenvalue weighted by molar-refractivity contribution is 7.57. The highest BCUT2D eigenvalue weighted by Crippen LogP contribution is 2.38. The highest BCUT2D eigenvalue weighted by Gasteiger charge is 2.36. The largest absolute Gasteiger partial charge is 0.480 e. The summed E-state index contributed by atoms with van der Waals surface area (Å²) >= 11 is 11.9. The molecule has 340 valence electrons. The third-order valence-corrected chi connectivity index (χ3v) is 9.90. The van der Waals surface area contributed by atoms with Crippen LogP contribution in [-0.2, 0) is 36.0 Å². The van der Waals surface area contributed by atoms with Crippen LogP contribution in [0.3, 0.4) is 0 Å². The van der Waals surface area contributed by atoms with Crippen molar-refractivity contribution in [3.8, 4) is 16.7 Å². The SMILES string of the molecule is CC(C)N(C(=O)COc1nnc(C(F)(F)F)s1)c1ccc(F)cc1.CP(=O)(O)CCC(N)C(=O)O.C[C@H](OC(=O)c1cc(Oc2ccc(C(F)(F)F)cc2Cl)ccc1Cl)C(=O)O. The molecule has 62 heavy (non-hydrogen) atoms. The summed E-state index contributed by atoms with van der Waals surface area (Å²) in [6, 6.07) is 10.3. The summed E-state index contributed by atoms with van der Waals surface area (Å²) in [7, 11) is -3.10. The molecule has 3 atom stereocenters. The summed E-state index contributed by atoms with van der Waals surface area (Å²) in [4.78, 5) is 55.3. The van der Waals surface area contributed by atoms with Gasteiger partial charge in [-0.2, -0.15) is 26.3 Å². The van der Waals surface area contributed by atoms with E-state index in [1.165, 1.54) is 48.0 Å². The number of anilines is 1. The van der Waals surface area contributed by atoms with Crippen molar-refractivity contribution in [3.63, 3.8) is 0 Å². The predicted molar refractivity (Wildman–Crippen MR) is 211 cm³/mol. The molecular weight excluding hydrogens is 931 g/mol. The first-order chi connectivity index (χ1) is 28.5. The van der Waals surface area contributed by atoms with Crippen molar-refractivity contribution >= 4 is 71.4 Å². The molecule has 1 amide bonds. The zero-order chi connectivity index (χ0) is 47.3. The number of carbonyl (C=O) groups is 4. The van der Waals surface area contributed by atoms with Crippen molar-refractivity contribution in [2.75, 3.05) is 24.3 Å². The van der Waals surface area contributed by atoms with Gasteiger partial charge >= 0.3 is 30.3 Å². The fraction of sp³-hybridized carbons (Fsp3) is 0.333. The second-order valence-corrected chi connectivity index (χ2v) is 17.1. The first-order valence-corrected chi connectivity index (χ1v) is 21.0. The van der Waals surface area contributed by atoms with Gasteiger partial charge in [-0.3, -0.25) is 14.2 Å². The Balaban J connectivity index is 0.000000347. The average Bonchev–Trinajstić information content (AvgIpc) is 3.65. The van der Waals surface area contributed by atoms with Crippen LogP contribution in [-0.4, -0.2) is 86.7 Å². The molecule has 4 rings (SSSR count). The number of esters is 1. The van der Waals surface area contributed by atoms with Gasteiger partial charge in [-0.1, -0.05) is 39.6 Å². The highest BCUT2D eigenvalue weighted by atomic mass is 35.5. The van der Waals surface area contributed by atoms with E-state index in [0.29, 0.717) is 11.8 Å².